The number of hydrogen-bond donors (Lipinski definition) is 0. The lowest BCUT2D eigenvalue weighted by Gasteiger charge is -2.09. The van der Waals surface area contributed by atoms with Crippen molar-refractivity contribution in [3.8, 4) is 11.5 Å². The Labute approximate surface area is 127 Å². The van der Waals surface area contributed by atoms with Gasteiger partial charge in [0.05, 0.1) is 15.5 Å². The maximum Gasteiger partial charge on any atom is 0.272 e. The van der Waals surface area contributed by atoms with Crippen molar-refractivity contribution in [3.05, 3.63) is 62.4 Å². The summed E-state index contributed by atoms with van der Waals surface area (Å²) in [5.41, 5.74) is 0.129. The lowest BCUT2D eigenvalue weighted by Crippen LogP contribution is -1.95. The molecule has 0 aliphatic rings. The Kier molecular flexibility index (Phi) is 4.32. The number of nitro groups is 1. The van der Waals surface area contributed by atoms with Gasteiger partial charge in [-0.2, -0.15) is 0 Å². The van der Waals surface area contributed by atoms with Crippen LogP contribution in [0.3, 0.4) is 0 Å². The molecule has 0 aliphatic heterocycles. The number of hydrogen-bond acceptors (Lipinski definition) is 4. The molecule has 7 heteroatoms. The second-order valence-corrected chi connectivity index (χ2v) is 5.03. The molecule has 0 heterocycles. The molecule has 0 amide bonds. The highest BCUT2D eigenvalue weighted by Gasteiger charge is 2.14. The highest BCUT2D eigenvalue weighted by molar-refractivity contribution is 9.10. The number of halogens is 2. The third-order valence-electron chi connectivity index (χ3n) is 2.68. The van der Waals surface area contributed by atoms with Gasteiger partial charge in [0, 0.05) is 11.6 Å². The predicted octanol–water partition coefficient (Wildman–Crippen LogP) is 4.49. The molecule has 21 heavy (non-hydrogen) atoms. The van der Waals surface area contributed by atoms with Gasteiger partial charge >= 0.3 is 0 Å². The fourth-order valence-electron chi connectivity index (χ4n) is 1.61. The number of nitrogens with zero attached hydrogens (tertiary/aromatic N) is 1. The predicted molar refractivity (Wildman–Crippen MR) is 77.3 cm³/mol. The first-order valence-corrected chi connectivity index (χ1v) is 6.60. The van der Waals surface area contributed by atoms with Gasteiger partial charge in [0.1, 0.15) is 5.75 Å². The highest BCUT2D eigenvalue weighted by atomic mass is 79.9. The van der Waals surface area contributed by atoms with Gasteiger partial charge in [-0.25, -0.2) is 4.39 Å². The normalized spacial score (nSPS) is 10.2. The SMILES string of the molecule is CC(=O)c1ccc(Oc2ccc([N+](=O)[O-])cc2F)c(Br)c1. The van der Waals surface area contributed by atoms with Crippen LogP contribution in [0.25, 0.3) is 0 Å². The maximum absolute atomic E-state index is 13.7. The zero-order chi connectivity index (χ0) is 15.6. The molecule has 0 atom stereocenters. The number of non-ortho nitro benzene ring substituents is 1. The van der Waals surface area contributed by atoms with Crippen molar-refractivity contribution >= 4 is 27.4 Å². The van der Waals surface area contributed by atoms with Gasteiger partial charge in [0.25, 0.3) is 5.69 Å². The van der Waals surface area contributed by atoms with Gasteiger partial charge in [0.2, 0.25) is 0 Å². The number of Topliss-reactive ketones (excluding diaryl/α,β-unsaturated/α-hetero) is 1. The van der Waals surface area contributed by atoms with E-state index in [1.807, 2.05) is 0 Å². The lowest BCUT2D eigenvalue weighted by molar-refractivity contribution is -0.385. The molecular weight excluding hydrogens is 345 g/mol. The summed E-state index contributed by atoms with van der Waals surface area (Å²) in [5, 5.41) is 10.5. The van der Waals surface area contributed by atoms with Crippen LogP contribution in [0.5, 0.6) is 11.5 Å². The van der Waals surface area contributed by atoms with Crippen LogP contribution in [0.2, 0.25) is 0 Å². The van der Waals surface area contributed by atoms with Gasteiger partial charge in [0.15, 0.2) is 17.3 Å². The Morgan fingerprint density at radius 1 is 1.24 bits per heavy atom. The van der Waals surface area contributed by atoms with E-state index in [0.29, 0.717) is 15.8 Å². The number of rotatable bonds is 4. The summed E-state index contributed by atoms with van der Waals surface area (Å²) in [4.78, 5) is 21.1. The van der Waals surface area contributed by atoms with Crippen molar-refractivity contribution in [1.82, 2.24) is 0 Å². The molecule has 0 aromatic heterocycles. The fraction of sp³-hybridized carbons (Fsp3) is 0.0714. The van der Waals surface area contributed by atoms with Gasteiger partial charge in [-0.05, 0) is 47.1 Å². The number of carbonyl (C=O) groups excluding carboxylic acids is 1. The Morgan fingerprint density at radius 2 is 1.90 bits per heavy atom. The zero-order valence-corrected chi connectivity index (χ0v) is 12.4. The Bertz CT molecular complexity index is 671. The van der Waals surface area contributed by atoms with E-state index in [4.69, 9.17) is 4.74 Å². The fourth-order valence-corrected chi connectivity index (χ4v) is 2.07. The van der Waals surface area contributed by atoms with Crippen LogP contribution in [0, 0.1) is 15.9 Å². The molecule has 108 valence electrons. The van der Waals surface area contributed by atoms with Crippen molar-refractivity contribution in [2.75, 3.05) is 0 Å². The average Bonchev–Trinajstić information content (AvgIpc) is 2.42. The molecule has 0 bridgehead atoms. The van der Waals surface area contributed by atoms with E-state index >= 15 is 0 Å². The second-order valence-electron chi connectivity index (χ2n) is 4.18. The highest BCUT2D eigenvalue weighted by Crippen LogP contribution is 2.33. The van der Waals surface area contributed by atoms with Crippen molar-refractivity contribution < 1.29 is 18.8 Å². The molecule has 0 fully saturated rings. The number of ether oxygens (including phenoxy) is 1. The monoisotopic (exact) mass is 353 g/mol. The Hall–Kier alpha value is -2.28. The van der Waals surface area contributed by atoms with Crippen LogP contribution in [0.15, 0.2) is 40.9 Å². The van der Waals surface area contributed by atoms with Gasteiger partial charge in [-0.3, -0.25) is 14.9 Å². The summed E-state index contributed by atoms with van der Waals surface area (Å²) < 4.78 is 19.6. The van der Waals surface area contributed by atoms with Crippen molar-refractivity contribution in [2.45, 2.75) is 6.92 Å². The van der Waals surface area contributed by atoms with E-state index in [1.165, 1.54) is 19.1 Å². The smallest absolute Gasteiger partial charge is 0.272 e. The van der Waals surface area contributed by atoms with E-state index < -0.39 is 10.7 Å². The lowest BCUT2D eigenvalue weighted by atomic mass is 10.1. The first kappa shape index (κ1) is 15.1. The third kappa shape index (κ3) is 3.43. The summed E-state index contributed by atoms with van der Waals surface area (Å²) in [6.45, 7) is 1.43. The summed E-state index contributed by atoms with van der Waals surface area (Å²) in [5.74, 6) is -0.792. The summed E-state index contributed by atoms with van der Waals surface area (Å²) in [6, 6.07) is 7.73. The molecule has 5 nitrogen and oxygen atoms in total. The molecule has 0 aliphatic carbocycles. The number of ketones is 1. The number of nitro benzene ring substituents is 1. The van der Waals surface area contributed by atoms with Crippen molar-refractivity contribution in [2.24, 2.45) is 0 Å². The number of carbonyl (C=O) groups is 1. The van der Waals surface area contributed by atoms with Gasteiger partial charge < -0.3 is 4.74 Å². The van der Waals surface area contributed by atoms with Crippen LogP contribution in [0.4, 0.5) is 10.1 Å². The largest absolute Gasteiger partial charge is 0.453 e. The first-order chi connectivity index (χ1) is 9.88. The Balaban J connectivity index is 2.30. The molecule has 0 spiro atoms. The minimum Gasteiger partial charge on any atom is -0.453 e. The van der Waals surface area contributed by atoms with E-state index in [0.717, 1.165) is 12.1 Å². The minimum absolute atomic E-state index is 0.108. The first-order valence-electron chi connectivity index (χ1n) is 5.81. The summed E-state index contributed by atoms with van der Waals surface area (Å²) in [6.07, 6.45) is 0. The van der Waals surface area contributed by atoms with Crippen LogP contribution < -0.4 is 4.74 Å². The minimum atomic E-state index is -0.841. The van der Waals surface area contributed by atoms with E-state index in [-0.39, 0.29) is 17.2 Å². The molecule has 0 radical (unpaired) electrons. The average molecular weight is 354 g/mol. The van der Waals surface area contributed by atoms with E-state index in [1.54, 1.807) is 12.1 Å². The van der Waals surface area contributed by atoms with Gasteiger partial charge in [-0.1, -0.05) is 0 Å². The molecule has 2 rings (SSSR count). The molecule has 2 aromatic rings. The number of benzene rings is 2. The third-order valence-corrected chi connectivity index (χ3v) is 3.30. The quantitative estimate of drug-likeness (QED) is 0.461. The van der Waals surface area contributed by atoms with E-state index in [9.17, 15) is 19.3 Å². The Morgan fingerprint density at radius 3 is 2.43 bits per heavy atom. The molecule has 2 aromatic carbocycles. The molecule has 0 unspecified atom stereocenters. The van der Waals surface area contributed by atoms with Crippen molar-refractivity contribution in [3.63, 3.8) is 0 Å². The molecular formula is C14H9BrFNO4. The van der Waals surface area contributed by atoms with Crippen LogP contribution in [-0.2, 0) is 0 Å². The van der Waals surface area contributed by atoms with Gasteiger partial charge in [-0.15, -0.1) is 0 Å². The molecule has 0 N–H and O–H groups in total. The molecule has 0 saturated carbocycles. The maximum atomic E-state index is 13.7. The molecule has 0 saturated heterocycles. The summed E-state index contributed by atoms with van der Waals surface area (Å²) in [7, 11) is 0. The summed E-state index contributed by atoms with van der Waals surface area (Å²) >= 11 is 3.23. The standard InChI is InChI=1S/C14H9BrFNO4/c1-8(18)9-2-4-13(11(15)6-9)21-14-5-3-10(17(19)20)7-12(14)16/h2-7H,1H3. The van der Waals surface area contributed by atoms with Crippen LogP contribution in [0.1, 0.15) is 17.3 Å². The van der Waals surface area contributed by atoms with Crippen LogP contribution in [-0.4, -0.2) is 10.7 Å². The van der Waals surface area contributed by atoms with Crippen molar-refractivity contribution in [1.29, 1.82) is 0 Å². The van der Waals surface area contributed by atoms with Crippen LogP contribution >= 0.6 is 15.9 Å². The second kappa shape index (κ2) is 6.01. The topological polar surface area (TPSA) is 69.4 Å². The zero-order valence-electron chi connectivity index (χ0n) is 10.8. The van der Waals surface area contributed by atoms with E-state index in [2.05, 4.69) is 15.9 Å².